The van der Waals surface area contributed by atoms with Crippen LogP contribution in [0.2, 0.25) is 0 Å². The summed E-state index contributed by atoms with van der Waals surface area (Å²) in [6.45, 7) is 14.1. The highest BCUT2D eigenvalue weighted by atomic mass is 16.2. The van der Waals surface area contributed by atoms with Crippen LogP contribution in [0.4, 0.5) is 0 Å². The molecule has 0 spiro atoms. The molecule has 10 atom stereocenters. The normalized spacial score (nSPS) is 19.7. The maximum absolute atomic E-state index is 13.0. The molecule has 1 saturated carbocycles. The van der Waals surface area contributed by atoms with Gasteiger partial charge in [0, 0.05) is 25.9 Å². The summed E-state index contributed by atoms with van der Waals surface area (Å²) in [6, 6.07) is -8.11. The van der Waals surface area contributed by atoms with Crippen molar-refractivity contribution in [2.24, 2.45) is 0 Å². The Morgan fingerprint density at radius 1 is 0.352 bits per heavy atom. The van der Waals surface area contributed by atoms with Crippen LogP contribution in [0.3, 0.4) is 0 Å². The van der Waals surface area contributed by atoms with Gasteiger partial charge < -0.3 is 42.5 Å². The summed E-state index contributed by atoms with van der Waals surface area (Å²) in [7, 11) is 0. The molecule has 10 amide bonds. The molecule has 20 heteroatoms. The first kappa shape index (κ1) is 47.0. The minimum atomic E-state index is -1.05. The molecule has 0 saturated heterocycles. The van der Waals surface area contributed by atoms with E-state index in [1.807, 2.05) is 0 Å². The van der Waals surface area contributed by atoms with Crippen LogP contribution in [0, 0.1) is 0 Å². The minimum absolute atomic E-state index is 0.218. The Hall–Kier alpha value is -4.98. The monoisotopic (exact) mass is 766 g/mol. The second kappa shape index (κ2) is 22.3. The van der Waals surface area contributed by atoms with E-state index in [9.17, 15) is 47.9 Å². The molecule has 0 aliphatic heterocycles. The molecule has 0 radical (unpaired) electrons. The maximum Gasteiger partial charge on any atom is 0.248 e. The molecular formula is C34H58N10O10. The molecule has 0 aromatic carbocycles. The predicted molar refractivity (Wildman–Crippen MR) is 195 cm³/mol. The van der Waals surface area contributed by atoms with E-state index in [0.29, 0.717) is 12.8 Å². The van der Waals surface area contributed by atoms with Gasteiger partial charge in [-0.1, -0.05) is 12.8 Å². The van der Waals surface area contributed by atoms with Gasteiger partial charge in [-0.2, -0.15) is 0 Å². The Bertz CT molecular complexity index is 1320. The predicted octanol–water partition coefficient (Wildman–Crippen LogP) is -3.39. The summed E-state index contributed by atoms with van der Waals surface area (Å²) in [5.41, 5.74) is 0. The first-order valence-corrected chi connectivity index (χ1v) is 18.0. The molecule has 10 N–H and O–H groups in total. The van der Waals surface area contributed by atoms with Crippen LogP contribution in [-0.4, -0.2) is 119 Å². The van der Waals surface area contributed by atoms with Gasteiger partial charge in [0.2, 0.25) is 59.1 Å². The van der Waals surface area contributed by atoms with Crippen molar-refractivity contribution in [3.63, 3.8) is 0 Å². The molecule has 0 aromatic heterocycles. The quantitative estimate of drug-likeness (QED) is 0.0654. The van der Waals surface area contributed by atoms with Crippen LogP contribution in [0.25, 0.3) is 0 Å². The Morgan fingerprint density at radius 3 is 0.778 bits per heavy atom. The summed E-state index contributed by atoms with van der Waals surface area (Å²) in [5, 5.41) is 25.7. The van der Waals surface area contributed by atoms with E-state index in [2.05, 4.69) is 53.2 Å². The van der Waals surface area contributed by atoms with E-state index < -0.39 is 107 Å². The van der Waals surface area contributed by atoms with E-state index in [-0.39, 0.29) is 12.1 Å². The lowest BCUT2D eigenvalue weighted by Crippen LogP contribution is -2.61. The molecule has 1 aliphatic rings. The fourth-order valence-corrected chi connectivity index (χ4v) is 5.31. The summed E-state index contributed by atoms with van der Waals surface area (Å²) >= 11 is 0. The zero-order valence-electron chi connectivity index (χ0n) is 32.7. The highest BCUT2D eigenvalue weighted by Gasteiger charge is 2.32. The number of rotatable bonds is 18. The van der Waals surface area contributed by atoms with Crippen molar-refractivity contribution in [3.8, 4) is 0 Å². The van der Waals surface area contributed by atoms with E-state index >= 15 is 0 Å². The van der Waals surface area contributed by atoms with Gasteiger partial charge >= 0.3 is 0 Å². The second-order valence-electron chi connectivity index (χ2n) is 13.7. The van der Waals surface area contributed by atoms with Gasteiger partial charge in [0.15, 0.2) is 0 Å². The Morgan fingerprint density at radius 2 is 0.556 bits per heavy atom. The second-order valence-corrected chi connectivity index (χ2v) is 13.7. The Labute approximate surface area is 315 Å². The lowest BCUT2D eigenvalue weighted by molar-refractivity contribution is -0.135. The molecule has 54 heavy (non-hydrogen) atoms. The van der Waals surface area contributed by atoms with Crippen LogP contribution in [0.5, 0.6) is 0 Å². The SMILES string of the molecule is CC(=O)NC(=O)[C@@H](C)NC(=O)[C@H](C)NC(=O)[C@@H](C)NC(=O)[C@H](C)N[C@@H]1CCCC[C@H]1N[C@@H](C)C(=O)N[C@H](C)C(=O)N[C@@H](C)C(=O)N[C@H](C)C(=O)NC(C)=O. The van der Waals surface area contributed by atoms with Gasteiger partial charge in [0.1, 0.15) is 36.3 Å². The number of carbonyl (C=O) groups is 10. The van der Waals surface area contributed by atoms with Crippen molar-refractivity contribution in [2.45, 2.75) is 155 Å². The van der Waals surface area contributed by atoms with Crippen LogP contribution in [0.15, 0.2) is 0 Å². The average molecular weight is 767 g/mol. The smallest absolute Gasteiger partial charge is 0.248 e. The molecule has 0 aromatic rings. The van der Waals surface area contributed by atoms with E-state index in [4.69, 9.17) is 0 Å². The summed E-state index contributed by atoms with van der Waals surface area (Å²) in [5.74, 6) is -6.13. The molecule has 0 unspecified atom stereocenters. The molecule has 1 fully saturated rings. The number of carbonyl (C=O) groups excluding carboxylic acids is 10. The third-order valence-electron chi connectivity index (χ3n) is 8.59. The van der Waals surface area contributed by atoms with Gasteiger partial charge in [0.25, 0.3) is 0 Å². The molecule has 1 rings (SSSR count). The standard InChI is InChI=1S/C34H58N10O10/c1-15(27(47)37-17(3)29(49)39-19(5)31(51)41-21(7)33(53)43-23(9)45)35-25-13-11-12-14-26(25)36-16(2)28(48)38-18(4)30(50)40-20(6)32(52)42-22(8)34(54)44-24(10)46/h15-22,25-26,35-36H,11-14H2,1-10H3,(H,37,47)(H,38,48)(H,39,49)(H,40,50)(H,41,51)(H,42,52)(H,43,45,53)(H,44,46,54)/t15-,16-,17+,18+,19-,20-,21+,22+,25+,26+/m0/s1. The number of imide groups is 2. The zero-order valence-corrected chi connectivity index (χ0v) is 32.7. The van der Waals surface area contributed by atoms with Crippen molar-refractivity contribution in [3.05, 3.63) is 0 Å². The highest BCUT2D eigenvalue weighted by molar-refractivity contribution is 6.00. The summed E-state index contributed by atoms with van der Waals surface area (Å²) in [6.07, 6.45) is 3.15. The molecule has 1 aliphatic carbocycles. The van der Waals surface area contributed by atoms with Gasteiger partial charge in [-0.3, -0.25) is 58.6 Å². The fraction of sp³-hybridized carbons (Fsp3) is 0.706. The van der Waals surface area contributed by atoms with Crippen molar-refractivity contribution in [1.29, 1.82) is 0 Å². The topological polar surface area (TPSA) is 291 Å². The Kier molecular flexibility index (Phi) is 19.4. The minimum Gasteiger partial charge on any atom is -0.343 e. The summed E-state index contributed by atoms with van der Waals surface area (Å²) in [4.78, 5) is 122. The highest BCUT2D eigenvalue weighted by Crippen LogP contribution is 2.20. The van der Waals surface area contributed by atoms with Crippen LogP contribution >= 0.6 is 0 Å². The van der Waals surface area contributed by atoms with Gasteiger partial charge in [-0.15, -0.1) is 0 Å². The number of hydrogen-bond donors (Lipinski definition) is 10. The largest absolute Gasteiger partial charge is 0.343 e. The van der Waals surface area contributed by atoms with E-state index in [1.54, 1.807) is 13.8 Å². The third kappa shape index (κ3) is 16.4. The van der Waals surface area contributed by atoms with Crippen molar-refractivity contribution in [1.82, 2.24) is 53.2 Å². The molecule has 0 heterocycles. The zero-order chi connectivity index (χ0) is 41.4. The van der Waals surface area contributed by atoms with Crippen molar-refractivity contribution >= 4 is 59.1 Å². The van der Waals surface area contributed by atoms with Crippen LogP contribution < -0.4 is 53.2 Å². The van der Waals surface area contributed by atoms with Crippen molar-refractivity contribution in [2.75, 3.05) is 0 Å². The fourth-order valence-electron chi connectivity index (χ4n) is 5.31. The van der Waals surface area contributed by atoms with Gasteiger partial charge in [0.05, 0.1) is 12.1 Å². The first-order chi connectivity index (χ1) is 25.0. The first-order valence-electron chi connectivity index (χ1n) is 18.0. The van der Waals surface area contributed by atoms with Gasteiger partial charge in [-0.25, -0.2) is 0 Å². The van der Waals surface area contributed by atoms with Gasteiger partial charge in [-0.05, 0) is 68.2 Å². The Balaban J connectivity index is 2.65. The summed E-state index contributed by atoms with van der Waals surface area (Å²) < 4.78 is 0. The van der Waals surface area contributed by atoms with E-state index in [1.165, 1.54) is 41.5 Å². The number of amides is 10. The molecule has 0 bridgehead atoms. The van der Waals surface area contributed by atoms with E-state index in [0.717, 1.165) is 26.7 Å². The number of hydrogen-bond acceptors (Lipinski definition) is 12. The molecule has 304 valence electrons. The molecular weight excluding hydrogens is 708 g/mol. The van der Waals surface area contributed by atoms with Crippen LogP contribution in [0.1, 0.15) is 94.9 Å². The number of nitrogens with one attached hydrogen (secondary N) is 10. The van der Waals surface area contributed by atoms with Crippen LogP contribution in [-0.2, 0) is 47.9 Å². The average Bonchev–Trinajstić information content (AvgIpc) is 3.07. The lowest BCUT2D eigenvalue weighted by Gasteiger charge is -2.36. The maximum atomic E-state index is 13.0. The molecule has 20 nitrogen and oxygen atoms in total. The van der Waals surface area contributed by atoms with Crippen molar-refractivity contribution < 1.29 is 47.9 Å². The lowest BCUT2D eigenvalue weighted by atomic mass is 9.89. The third-order valence-corrected chi connectivity index (χ3v) is 8.59.